The number of hydrogen-bond acceptors (Lipinski definition) is 2. The smallest absolute Gasteiger partial charge is 0.235 e. The Balaban J connectivity index is 1.34. The first-order chi connectivity index (χ1) is 24.3. The van der Waals surface area contributed by atoms with Crippen LogP contribution in [0.25, 0.3) is 105 Å². The summed E-state index contributed by atoms with van der Waals surface area (Å²) in [7, 11) is 0. The van der Waals surface area contributed by atoms with Crippen LogP contribution in [-0.2, 0) is 0 Å². The van der Waals surface area contributed by atoms with Gasteiger partial charge in [-0.15, -0.1) is 0 Å². The van der Waals surface area contributed by atoms with Gasteiger partial charge < -0.3 is 0 Å². The lowest BCUT2D eigenvalue weighted by molar-refractivity contribution is 0.996. The van der Waals surface area contributed by atoms with E-state index in [1.54, 1.807) is 0 Å². The van der Waals surface area contributed by atoms with Crippen LogP contribution in [0.3, 0.4) is 0 Å². The summed E-state index contributed by atoms with van der Waals surface area (Å²) < 4.78 is 2.29. The lowest BCUT2D eigenvalue weighted by Crippen LogP contribution is -2.04. The Bertz CT molecular complexity index is 2920. The first-order valence-electron chi connectivity index (χ1n) is 16.8. The van der Waals surface area contributed by atoms with Crippen molar-refractivity contribution < 1.29 is 0 Å². The molecule has 3 heteroatoms. The molecular weight excluding hydrogens is 595 g/mol. The minimum atomic E-state index is 0.665. The molecule has 0 fully saturated rings. The standard InChI is InChI=1S/C46H27N3/c1-3-13-28(14-4-1)37-27-38(29-15-5-2-6-16-29)48-46(47-37)49-39-24-12-23-36-43-34-21-10-8-19-32(34)31-18-7-9-20-33(31)42(43)35-22-11-17-30-25-26-40(49)45(41(30)35)44(36)39/h1-27H. The fourth-order valence-corrected chi connectivity index (χ4v) is 8.31. The third-order valence-electron chi connectivity index (χ3n) is 10.3. The molecule has 49 heavy (non-hydrogen) atoms. The van der Waals surface area contributed by atoms with Gasteiger partial charge in [-0.2, -0.15) is 0 Å². The summed E-state index contributed by atoms with van der Waals surface area (Å²) in [5.74, 6) is 0.665. The molecule has 10 aromatic rings. The molecule has 2 heterocycles. The van der Waals surface area contributed by atoms with E-state index in [1.165, 1.54) is 65.3 Å². The second kappa shape index (κ2) is 9.96. The number of hydrogen-bond donors (Lipinski definition) is 0. The topological polar surface area (TPSA) is 30.7 Å². The fourth-order valence-electron chi connectivity index (χ4n) is 8.31. The molecule has 0 atom stereocenters. The Morgan fingerprint density at radius 2 is 0.878 bits per heavy atom. The summed E-state index contributed by atoms with van der Waals surface area (Å²) in [4.78, 5) is 10.6. The van der Waals surface area contributed by atoms with Crippen LogP contribution in [-0.4, -0.2) is 14.5 Å². The van der Waals surface area contributed by atoms with Crippen molar-refractivity contribution in [3.05, 3.63) is 164 Å². The van der Waals surface area contributed by atoms with Crippen molar-refractivity contribution in [1.82, 2.24) is 14.5 Å². The summed E-state index contributed by atoms with van der Waals surface area (Å²) >= 11 is 0. The summed E-state index contributed by atoms with van der Waals surface area (Å²) in [6.45, 7) is 0. The highest BCUT2D eigenvalue weighted by atomic mass is 15.2. The van der Waals surface area contributed by atoms with Gasteiger partial charge in [0.05, 0.1) is 22.4 Å². The SMILES string of the molecule is c1ccc(-c2cc(-c3ccccc3)nc(-n3c4cccc5c4c4c6c(cccc6ccc43)-c3c-5c4ccccc4c4ccccc34)n2)cc1. The molecule has 8 aromatic carbocycles. The fraction of sp³-hybridized carbons (Fsp3) is 0. The number of aromatic nitrogens is 3. The molecule has 0 amide bonds. The van der Waals surface area contributed by atoms with Gasteiger partial charge in [0, 0.05) is 21.9 Å². The second-order valence-corrected chi connectivity index (χ2v) is 12.9. The van der Waals surface area contributed by atoms with Crippen molar-refractivity contribution in [3.8, 4) is 50.7 Å². The second-order valence-electron chi connectivity index (χ2n) is 12.9. The molecule has 0 bridgehead atoms. The molecule has 3 nitrogen and oxygen atoms in total. The summed E-state index contributed by atoms with van der Waals surface area (Å²) in [6.07, 6.45) is 0. The van der Waals surface area contributed by atoms with Crippen LogP contribution in [0.5, 0.6) is 0 Å². The van der Waals surface area contributed by atoms with E-state index < -0.39 is 0 Å². The Labute approximate surface area is 282 Å². The van der Waals surface area contributed by atoms with Gasteiger partial charge in [0.25, 0.3) is 0 Å². The molecule has 0 saturated heterocycles. The van der Waals surface area contributed by atoms with Crippen LogP contribution >= 0.6 is 0 Å². The predicted molar refractivity (Wildman–Crippen MR) is 204 cm³/mol. The Morgan fingerprint density at radius 1 is 0.367 bits per heavy atom. The molecule has 226 valence electrons. The highest BCUT2D eigenvalue weighted by molar-refractivity contribution is 6.35. The third kappa shape index (κ3) is 3.67. The zero-order valence-electron chi connectivity index (χ0n) is 26.4. The highest BCUT2D eigenvalue weighted by Crippen LogP contribution is 2.53. The average molecular weight is 622 g/mol. The lowest BCUT2D eigenvalue weighted by Gasteiger charge is -2.19. The Hall–Kier alpha value is -6.58. The quantitative estimate of drug-likeness (QED) is 0.184. The first kappa shape index (κ1) is 26.5. The Morgan fingerprint density at radius 3 is 1.49 bits per heavy atom. The molecule has 0 spiro atoms. The van der Waals surface area contributed by atoms with E-state index in [1.807, 2.05) is 12.1 Å². The minimum absolute atomic E-state index is 0.665. The average Bonchev–Trinajstić information content (AvgIpc) is 3.45. The lowest BCUT2D eigenvalue weighted by atomic mass is 9.84. The van der Waals surface area contributed by atoms with Gasteiger partial charge in [-0.25, -0.2) is 9.97 Å². The van der Waals surface area contributed by atoms with E-state index in [2.05, 4.69) is 156 Å². The molecule has 0 aliphatic heterocycles. The van der Waals surface area contributed by atoms with E-state index >= 15 is 0 Å². The molecule has 0 radical (unpaired) electrons. The van der Waals surface area contributed by atoms with Gasteiger partial charge >= 0.3 is 0 Å². The predicted octanol–water partition coefficient (Wildman–Crippen LogP) is 12.0. The monoisotopic (exact) mass is 621 g/mol. The van der Waals surface area contributed by atoms with Gasteiger partial charge in [0.2, 0.25) is 5.95 Å². The molecule has 0 saturated carbocycles. The van der Waals surface area contributed by atoms with Crippen LogP contribution in [0, 0.1) is 0 Å². The van der Waals surface area contributed by atoms with Crippen LogP contribution in [0.2, 0.25) is 0 Å². The van der Waals surface area contributed by atoms with Gasteiger partial charge in [-0.05, 0) is 72.8 Å². The maximum absolute atomic E-state index is 5.31. The maximum atomic E-state index is 5.31. The van der Waals surface area contributed by atoms with Crippen molar-refractivity contribution >= 4 is 54.1 Å². The summed E-state index contributed by atoms with van der Waals surface area (Å²) in [6, 6.07) is 58.8. The van der Waals surface area contributed by atoms with Crippen molar-refractivity contribution in [1.29, 1.82) is 0 Å². The van der Waals surface area contributed by atoms with Crippen LogP contribution < -0.4 is 0 Å². The molecule has 0 N–H and O–H groups in total. The van der Waals surface area contributed by atoms with Crippen LogP contribution in [0.1, 0.15) is 0 Å². The molecule has 1 aliphatic rings. The normalized spacial score (nSPS) is 12.1. The molecule has 1 aliphatic carbocycles. The number of nitrogens with zero attached hydrogens (tertiary/aromatic N) is 3. The zero-order valence-corrected chi connectivity index (χ0v) is 26.4. The van der Waals surface area contributed by atoms with E-state index in [9.17, 15) is 0 Å². The summed E-state index contributed by atoms with van der Waals surface area (Å²) in [5.41, 5.74) is 11.2. The van der Waals surface area contributed by atoms with E-state index in [4.69, 9.17) is 9.97 Å². The van der Waals surface area contributed by atoms with Crippen LogP contribution in [0.15, 0.2) is 164 Å². The molecule has 2 aromatic heterocycles. The van der Waals surface area contributed by atoms with Crippen molar-refractivity contribution in [3.63, 3.8) is 0 Å². The van der Waals surface area contributed by atoms with Gasteiger partial charge in [0.15, 0.2) is 0 Å². The number of fused-ring (bicyclic) bond motifs is 8. The van der Waals surface area contributed by atoms with Crippen molar-refractivity contribution in [2.24, 2.45) is 0 Å². The largest absolute Gasteiger partial charge is 0.278 e. The van der Waals surface area contributed by atoms with Crippen molar-refractivity contribution in [2.75, 3.05) is 0 Å². The van der Waals surface area contributed by atoms with Gasteiger partial charge in [-0.3, -0.25) is 4.57 Å². The highest BCUT2D eigenvalue weighted by Gasteiger charge is 2.28. The van der Waals surface area contributed by atoms with Crippen molar-refractivity contribution in [2.45, 2.75) is 0 Å². The minimum Gasteiger partial charge on any atom is -0.278 e. The summed E-state index contributed by atoms with van der Waals surface area (Å²) in [5, 5.41) is 10.1. The van der Waals surface area contributed by atoms with Gasteiger partial charge in [-0.1, -0.05) is 146 Å². The number of rotatable bonds is 3. The first-order valence-corrected chi connectivity index (χ1v) is 16.8. The Kier molecular flexibility index (Phi) is 5.38. The molecule has 11 rings (SSSR count). The van der Waals surface area contributed by atoms with Gasteiger partial charge in [0.1, 0.15) is 0 Å². The maximum Gasteiger partial charge on any atom is 0.235 e. The molecular formula is C46H27N3. The third-order valence-corrected chi connectivity index (χ3v) is 10.3. The molecule has 0 unspecified atom stereocenters. The zero-order chi connectivity index (χ0) is 32.1. The number of benzene rings is 8. The van der Waals surface area contributed by atoms with Crippen LogP contribution in [0.4, 0.5) is 0 Å². The van der Waals surface area contributed by atoms with E-state index in [0.29, 0.717) is 5.95 Å². The van der Waals surface area contributed by atoms with E-state index in [-0.39, 0.29) is 0 Å². The van der Waals surface area contributed by atoms with E-state index in [0.717, 1.165) is 33.5 Å².